The molecule has 0 atom stereocenters. The summed E-state index contributed by atoms with van der Waals surface area (Å²) in [4.78, 5) is 0. The molecule has 0 aliphatic rings. The number of hydrogen-bond donors (Lipinski definition) is 2. The second-order valence-electron chi connectivity index (χ2n) is 5.52. The third-order valence-corrected chi connectivity index (χ3v) is 4.24. The van der Waals surface area contributed by atoms with Crippen molar-refractivity contribution in [2.24, 2.45) is 0 Å². The van der Waals surface area contributed by atoms with Crippen molar-refractivity contribution in [3.8, 4) is 5.75 Å². The molecule has 0 saturated carbocycles. The molecule has 0 aliphatic heterocycles. The minimum absolute atomic E-state index is 0. The number of benzene rings is 2. The first-order valence-electron chi connectivity index (χ1n) is 8.26. The van der Waals surface area contributed by atoms with Gasteiger partial charge in [0.25, 0.3) is 0 Å². The van der Waals surface area contributed by atoms with Gasteiger partial charge in [-0.05, 0) is 50.3 Å². The maximum Gasteiger partial charge on any atom is 0.124 e. The van der Waals surface area contributed by atoms with Gasteiger partial charge >= 0.3 is 0 Å². The predicted molar refractivity (Wildman–Crippen MR) is 117 cm³/mol. The van der Waals surface area contributed by atoms with E-state index in [4.69, 9.17) is 27.9 Å². The first kappa shape index (κ1) is 25.3. The largest absolute Gasteiger partial charge is 0.489 e. The van der Waals surface area contributed by atoms with Crippen molar-refractivity contribution < 1.29 is 4.74 Å². The van der Waals surface area contributed by atoms with Crippen LogP contribution in [0, 0.1) is 0 Å². The molecule has 0 aliphatic carbocycles. The zero-order chi connectivity index (χ0) is 17.2. The van der Waals surface area contributed by atoms with Gasteiger partial charge in [-0.2, -0.15) is 0 Å². The third kappa shape index (κ3) is 8.81. The fourth-order valence-electron chi connectivity index (χ4n) is 2.34. The molecule has 0 amide bonds. The quantitative estimate of drug-likeness (QED) is 0.479. The van der Waals surface area contributed by atoms with Gasteiger partial charge in [-0.3, -0.25) is 0 Å². The molecule has 0 spiro atoms. The van der Waals surface area contributed by atoms with Gasteiger partial charge in [-0.1, -0.05) is 48.3 Å². The number of hydrogen-bond acceptors (Lipinski definition) is 3. The number of nitrogens with one attached hydrogen (secondary N) is 2. The lowest BCUT2D eigenvalue weighted by atomic mass is 10.2. The van der Waals surface area contributed by atoms with Crippen LogP contribution in [0.15, 0.2) is 42.5 Å². The molecule has 0 aromatic heterocycles. The van der Waals surface area contributed by atoms with Gasteiger partial charge in [-0.25, -0.2) is 0 Å². The van der Waals surface area contributed by atoms with Crippen LogP contribution >= 0.6 is 48.0 Å². The highest BCUT2D eigenvalue weighted by Crippen LogP contribution is 2.25. The average Bonchev–Trinajstić information content (AvgIpc) is 2.58. The van der Waals surface area contributed by atoms with Crippen molar-refractivity contribution in [3.05, 3.63) is 63.6 Å². The molecule has 0 saturated heterocycles. The topological polar surface area (TPSA) is 33.3 Å². The summed E-state index contributed by atoms with van der Waals surface area (Å²) in [5, 5.41) is 8.18. The number of rotatable bonds is 10. The van der Waals surface area contributed by atoms with Gasteiger partial charge in [0.15, 0.2) is 0 Å². The molecule has 0 unspecified atom stereocenters. The molecular weight excluding hydrogens is 414 g/mol. The molecule has 0 heterocycles. The van der Waals surface area contributed by atoms with E-state index in [0.717, 1.165) is 54.5 Å². The van der Waals surface area contributed by atoms with Gasteiger partial charge in [0.05, 0.1) is 0 Å². The predicted octanol–water partition coefficient (Wildman–Crippen LogP) is 5.51. The van der Waals surface area contributed by atoms with Crippen molar-refractivity contribution >= 4 is 48.0 Å². The molecule has 26 heavy (non-hydrogen) atoms. The van der Waals surface area contributed by atoms with Crippen LogP contribution in [-0.4, -0.2) is 19.6 Å². The average molecular weight is 440 g/mol. The van der Waals surface area contributed by atoms with Crippen molar-refractivity contribution in [2.45, 2.75) is 26.5 Å². The van der Waals surface area contributed by atoms with E-state index in [-0.39, 0.29) is 24.8 Å². The van der Waals surface area contributed by atoms with Crippen molar-refractivity contribution in [2.75, 3.05) is 19.6 Å². The number of ether oxygens (including phenoxy) is 1. The Morgan fingerprint density at radius 2 is 1.65 bits per heavy atom. The van der Waals surface area contributed by atoms with Crippen molar-refractivity contribution in [1.82, 2.24) is 10.6 Å². The van der Waals surface area contributed by atoms with E-state index in [0.29, 0.717) is 11.6 Å². The summed E-state index contributed by atoms with van der Waals surface area (Å²) in [5.74, 6) is 0.832. The zero-order valence-electron chi connectivity index (χ0n) is 14.8. The molecule has 2 rings (SSSR count). The van der Waals surface area contributed by atoms with E-state index in [9.17, 15) is 0 Å². The molecule has 0 radical (unpaired) electrons. The van der Waals surface area contributed by atoms with E-state index in [1.807, 2.05) is 42.5 Å². The maximum absolute atomic E-state index is 6.18. The van der Waals surface area contributed by atoms with Crippen molar-refractivity contribution in [1.29, 1.82) is 0 Å². The Kier molecular flexibility index (Phi) is 14.0. The van der Waals surface area contributed by atoms with E-state index < -0.39 is 0 Å². The molecular formula is C19H26Cl4N2O. The third-order valence-electron chi connectivity index (χ3n) is 3.64. The highest BCUT2D eigenvalue weighted by Gasteiger charge is 2.07. The van der Waals surface area contributed by atoms with E-state index >= 15 is 0 Å². The van der Waals surface area contributed by atoms with Crippen LogP contribution in [0.1, 0.15) is 24.5 Å². The molecule has 3 nitrogen and oxygen atoms in total. The normalized spacial score (nSPS) is 9.96. The van der Waals surface area contributed by atoms with Gasteiger partial charge in [0.2, 0.25) is 0 Å². The van der Waals surface area contributed by atoms with Crippen LogP contribution in [0.5, 0.6) is 5.75 Å². The lowest BCUT2D eigenvalue weighted by molar-refractivity contribution is 0.302. The summed E-state index contributed by atoms with van der Waals surface area (Å²) < 4.78 is 5.96. The fourth-order valence-corrected chi connectivity index (χ4v) is 2.72. The van der Waals surface area contributed by atoms with Crippen LogP contribution in [0.2, 0.25) is 10.0 Å². The smallest absolute Gasteiger partial charge is 0.124 e. The SMILES string of the molecule is CCNCCCNCc1cc(Cl)ccc1OCc1ccccc1Cl.Cl.Cl. The highest BCUT2D eigenvalue weighted by atomic mass is 35.5. The van der Waals surface area contributed by atoms with Crippen LogP contribution in [0.3, 0.4) is 0 Å². The van der Waals surface area contributed by atoms with Crippen LogP contribution in [0.25, 0.3) is 0 Å². The zero-order valence-corrected chi connectivity index (χ0v) is 17.9. The Bertz CT molecular complexity index is 641. The van der Waals surface area contributed by atoms with Crippen molar-refractivity contribution in [3.63, 3.8) is 0 Å². The second-order valence-corrected chi connectivity index (χ2v) is 6.36. The first-order valence-corrected chi connectivity index (χ1v) is 9.02. The Labute approximate surface area is 178 Å². The van der Waals surface area contributed by atoms with Crippen LogP contribution in [-0.2, 0) is 13.2 Å². The molecule has 146 valence electrons. The molecule has 2 aromatic rings. The minimum Gasteiger partial charge on any atom is -0.489 e. The summed E-state index contributed by atoms with van der Waals surface area (Å²) in [5.41, 5.74) is 2.02. The molecule has 7 heteroatoms. The minimum atomic E-state index is 0. The molecule has 0 fully saturated rings. The Hall–Kier alpha value is -0.680. The van der Waals surface area contributed by atoms with Gasteiger partial charge < -0.3 is 15.4 Å². The summed E-state index contributed by atoms with van der Waals surface area (Å²) in [6.45, 7) is 6.26. The Morgan fingerprint density at radius 3 is 2.38 bits per heavy atom. The highest BCUT2D eigenvalue weighted by molar-refractivity contribution is 6.31. The summed E-state index contributed by atoms with van der Waals surface area (Å²) in [7, 11) is 0. The van der Waals surface area contributed by atoms with Gasteiger partial charge in [0, 0.05) is 27.7 Å². The van der Waals surface area contributed by atoms with E-state index in [2.05, 4.69) is 17.6 Å². The Balaban J connectivity index is 0.00000312. The molecule has 2 aromatic carbocycles. The van der Waals surface area contributed by atoms with Crippen LogP contribution in [0.4, 0.5) is 0 Å². The van der Waals surface area contributed by atoms with Crippen LogP contribution < -0.4 is 15.4 Å². The Morgan fingerprint density at radius 1 is 0.923 bits per heavy atom. The first-order chi connectivity index (χ1) is 11.7. The standard InChI is InChI=1S/C19H24Cl2N2O.2ClH/c1-2-22-10-5-11-23-13-16-12-17(20)8-9-19(16)24-14-15-6-3-4-7-18(15)21;;/h3-4,6-9,12,22-23H,2,5,10-11,13-14H2,1H3;2*1H. The molecule has 0 bridgehead atoms. The summed E-state index contributed by atoms with van der Waals surface area (Å²) >= 11 is 12.3. The van der Waals surface area contributed by atoms with E-state index in [1.165, 1.54) is 0 Å². The van der Waals surface area contributed by atoms with Gasteiger partial charge in [-0.15, -0.1) is 24.8 Å². The monoisotopic (exact) mass is 438 g/mol. The molecule has 2 N–H and O–H groups in total. The lowest BCUT2D eigenvalue weighted by Crippen LogP contribution is -2.21. The number of halogens is 4. The van der Waals surface area contributed by atoms with E-state index in [1.54, 1.807) is 0 Å². The lowest BCUT2D eigenvalue weighted by Gasteiger charge is -2.13. The summed E-state index contributed by atoms with van der Waals surface area (Å²) in [6.07, 6.45) is 1.09. The maximum atomic E-state index is 6.18. The summed E-state index contributed by atoms with van der Waals surface area (Å²) in [6, 6.07) is 13.4. The fraction of sp³-hybridized carbons (Fsp3) is 0.368. The second kappa shape index (κ2) is 14.4. The van der Waals surface area contributed by atoms with Gasteiger partial charge in [0.1, 0.15) is 12.4 Å².